The molecular formula is C29H21BrN4O3. The number of carbonyl (C=O) groups is 2. The first-order valence-electron chi connectivity index (χ1n) is 12.6. The van der Waals surface area contributed by atoms with Crippen LogP contribution in [0.4, 0.5) is 5.69 Å². The predicted molar refractivity (Wildman–Crippen MR) is 141 cm³/mol. The van der Waals surface area contributed by atoms with E-state index in [-0.39, 0.29) is 23.4 Å². The molecule has 2 amide bonds. The van der Waals surface area contributed by atoms with Gasteiger partial charge in [-0.25, -0.2) is 9.88 Å². The third-order valence-electron chi connectivity index (χ3n) is 8.73. The molecule has 3 aromatic carbocycles. The molecule has 0 radical (unpaired) electrons. The van der Waals surface area contributed by atoms with Crippen LogP contribution < -0.4 is 10.5 Å². The van der Waals surface area contributed by atoms with Gasteiger partial charge in [-0.1, -0.05) is 46.3 Å². The van der Waals surface area contributed by atoms with Gasteiger partial charge in [-0.2, -0.15) is 0 Å². The molecule has 4 aromatic rings. The second-order valence-electron chi connectivity index (χ2n) is 10.3. The van der Waals surface area contributed by atoms with Gasteiger partial charge in [0.1, 0.15) is 11.4 Å². The summed E-state index contributed by atoms with van der Waals surface area (Å²) < 4.78 is 2.57. The van der Waals surface area contributed by atoms with Gasteiger partial charge in [-0.05, 0) is 61.9 Å². The van der Waals surface area contributed by atoms with Gasteiger partial charge in [0.25, 0.3) is 5.56 Å². The van der Waals surface area contributed by atoms with Crippen LogP contribution in [0.3, 0.4) is 0 Å². The maximum absolute atomic E-state index is 14.4. The standard InChI is InChI=1S/C29H21BrN4O3/c30-16-11-13-17(14-12-16)33-26(36)23-22-10-5-15-32(22)29(24(23)27(33)37)19-7-2-4-9-21(19)34-25(35)18-6-1-3-8-20(18)31-28(29)34/h1-4,6-9,11-14,22-24H,5,10,15H2/t22-,23+,24-,29-/m1/s1. The minimum Gasteiger partial charge on any atom is -0.283 e. The molecule has 5 heterocycles. The fraction of sp³-hybridized carbons (Fsp3) is 0.241. The normalized spacial score (nSPS) is 27.7. The van der Waals surface area contributed by atoms with Crippen LogP contribution in [-0.2, 0) is 15.1 Å². The van der Waals surface area contributed by atoms with E-state index in [1.807, 2.05) is 54.6 Å². The molecule has 4 aliphatic rings. The summed E-state index contributed by atoms with van der Waals surface area (Å²) in [6.07, 6.45) is 1.76. The summed E-state index contributed by atoms with van der Waals surface area (Å²) >= 11 is 3.45. The Kier molecular flexibility index (Phi) is 4.20. The fourth-order valence-corrected chi connectivity index (χ4v) is 7.72. The Labute approximate surface area is 220 Å². The Hall–Kier alpha value is -3.62. The largest absolute Gasteiger partial charge is 0.283 e. The third-order valence-corrected chi connectivity index (χ3v) is 9.25. The van der Waals surface area contributed by atoms with E-state index in [0.717, 1.165) is 35.1 Å². The SMILES string of the molecule is O=C1[C@H]2[C@H]3CCCN3[C@]3(c4ccccc4-n4c3nc3ccccc3c4=O)[C@H]2C(=O)N1c1ccc(Br)cc1. The molecule has 8 heteroatoms. The lowest BCUT2D eigenvalue weighted by molar-refractivity contribution is -0.124. The van der Waals surface area contributed by atoms with E-state index in [9.17, 15) is 14.4 Å². The fourth-order valence-electron chi connectivity index (χ4n) is 7.46. The summed E-state index contributed by atoms with van der Waals surface area (Å²) in [6, 6.07) is 22.3. The summed E-state index contributed by atoms with van der Waals surface area (Å²) in [4.78, 5) is 51.1. The number of imide groups is 1. The van der Waals surface area contributed by atoms with Gasteiger partial charge in [0.05, 0.1) is 34.1 Å². The highest BCUT2D eigenvalue weighted by atomic mass is 79.9. The van der Waals surface area contributed by atoms with Crippen molar-refractivity contribution in [2.24, 2.45) is 11.8 Å². The van der Waals surface area contributed by atoms with Gasteiger partial charge in [0.15, 0.2) is 0 Å². The summed E-state index contributed by atoms with van der Waals surface area (Å²) in [6.45, 7) is 0.744. The zero-order chi connectivity index (χ0) is 25.1. The Morgan fingerprint density at radius 1 is 0.892 bits per heavy atom. The molecule has 37 heavy (non-hydrogen) atoms. The van der Waals surface area contributed by atoms with Crippen molar-refractivity contribution in [1.82, 2.24) is 14.5 Å². The van der Waals surface area contributed by atoms with Crippen molar-refractivity contribution in [2.75, 3.05) is 11.4 Å². The molecule has 7 nitrogen and oxygen atoms in total. The third kappa shape index (κ3) is 2.45. The second-order valence-corrected chi connectivity index (χ2v) is 11.2. The van der Waals surface area contributed by atoms with E-state index in [0.29, 0.717) is 22.4 Å². The first kappa shape index (κ1) is 21.5. The minimum absolute atomic E-state index is 0.0927. The summed E-state index contributed by atoms with van der Waals surface area (Å²) in [5.41, 5.74) is 1.67. The maximum atomic E-state index is 14.4. The first-order valence-corrected chi connectivity index (χ1v) is 13.3. The number of anilines is 1. The maximum Gasteiger partial charge on any atom is 0.266 e. The van der Waals surface area contributed by atoms with Crippen LogP contribution in [0.15, 0.2) is 82.1 Å². The Bertz CT molecular complexity index is 1730. The molecule has 0 saturated carbocycles. The molecule has 1 spiro atoms. The highest BCUT2D eigenvalue weighted by Gasteiger charge is 2.73. The molecule has 0 bridgehead atoms. The molecule has 0 aliphatic carbocycles. The van der Waals surface area contributed by atoms with Crippen LogP contribution in [0.25, 0.3) is 16.6 Å². The quantitative estimate of drug-likeness (QED) is 0.334. The predicted octanol–water partition coefficient (Wildman–Crippen LogP) is 3.99. The van der Waals surface area contributed by atoms with Crippen LogP contribution in [0.5, 0.6) is 0 Å². The van der Waals surface area contributed by atoms with Crippen LogP contribution >= 0.6 is 15.9 Å². The molecule has 1 aromatic heterocycles. The highest BCUT2D eigenvalue weighted by Crippen LogP contribution is 2.62. The zero-order valence-electron chi connectivity index (χ0n) is 19.7. The molecule has 4 atom stereocenters. The van der Waals surface area contributed by atoms with Crippen LogP contribution in [0.1, 0.15) is 24.2 Å². The summed E-state index contributed by atoms with van der Waals surface area (Å²) in [7, 11) is 0. The molecule has 4 aliphatic heterocycles. The molecule has 3 fully saturated rings. The van der Waals surface area contributed by atoms with Crippen molar-refractivity contribution < 1.29 is 9.59 Å². The smallest absolute Gasteiger partial charge is 0.266 e. The summed E-state index contributed by atoms with van der Waals surface area (Å²) in [5.74, 6) is -1.00. The number of amides is 2. The number of fused-ring (bicyclic) bond motifs is 11. The Balaban J connectivity index is 1.45. The van der Waals surface area contributed by atoms with E-state index in [1.165, 1.54) is 4.90 Å². The minimum atomic E-state index is -0.984. The van der Waals surface area contributed by atoms with Crippen molar-refractivity contribution in [1.29, 1.82) is 0 Å². The molecule has 0 N–H and O–H groups in total. The molecule has 8 rings (SSSR count). The average molecular weight is 553 g/mol. The van der Waals surface area contributed by atoms with Crippen molar-refractivity contribution >= 4 is 44.3 Å². The number of halogens is 1. The molecule has 3 saturated heterocycles. The highest BCUT2D eigenvalue weighted by molar-refractivity contribution is 9.10. The van der Waals surface area contributed by atoms with E-state index in [1.54, 1.807) is 22.8 Å². The Morgan fingerprint density at radius 3 is 2.49 bits per heavy atom. The topological polar surface area (TPSA) is 75.5 Å². The second kappa shape index (κ2) is 7.24. The molecule has 182 valence electrons. The van der Waals surface area contributed by atoms with Gasteiger partial charge >= 0.3 is 0 Å². The van der Waals surface area contributed by atoms with E-state index in [2.05, 4.69) is 20.8 Å². The first-order chi connectivity index (χ1) is 18.0. The lowest BCUT2D eigenvalue weighted by atomic mass is 9.75. The number of rotatable bonds is 1. The van der Waals surface area contributed by atoms with Gasteiger partial charge in [-0.3, -0.25) is 23.9 Å². The van der Waals surface area contributed by atoms with Gasteiger partial charge in [-0.15, -0.1) is 0 Å². The van der Waals surface area contributed by atoms with Crippen LogP contribution in [-0.4, -0.2) is 38.9 Å². The number of benzene rings is 3. The Morgan fingerprint density at radius 2 is 1.65 bits per heavy atom. The number of carbonyl (C=O) groups excluding carboxylic acids is 2. The average Bonchev–Trinajstić information content (AvgIpc) is 3.62. The molecule has 0 unspecified atom stereocenters. The van der Waals surface area contributed by atoms with Crippen molar-refractivity contribution in [3.8, 4) is 5.69 Å². The van der Waals surface area contributed by atoms with Gasteiger partial charge in [0, 0.05) is 16.1 Å². The number of nitrogens with zero attached hydrogens (tertiary/aromatic N) is 4. The van der Waals surface area contributed by atoms with Gasteiger partial charge < -0.3 is 0 Å². The molecular weight excluding hydrogens is 532 g/mol. The number of aromatic nitrogens is 2. The lowest BCUT2D eigenvalue weighted by Gasteiger charge is -2.38. The van der Waals surface area contributed by atoms with Crippen molar-refractivity contribution in [2.45, 2.75) is 24.4 Å². The van der Waals surface area contributed by atoms with Gasteiger partial charge in [0.2, 0.25) is 11.8 Å². The van der Waals surface area contributed by atoms with Crippen molar-refractivity contribution in [3.63, 3.8) is 0 Å². The lowest BCUT2D eigenvalue weighted by Crippen LogP contribution is -2.51. The monoisotopic (exact) mass is 552 g/mol. The number of hydrogen-bond acceptors (Lipinski definition) is 5. The number of hydrogen-bond donors (Lipinski definition) is 0. The zero-order valence-corrected chi connectivity index (χ0v) is 21.3. The van der Waals surface area contributed by atoms with Crippen LogP contribution in [0, 0.1) is 11.8 Å². The van der Waals surface area contributed by atoms with Crippen LogP contribution in [0.2, 0.25) is 0 Å². The van der Waals surface area contributed by atoms with E-state index in [4.69, 9.17) is 4.98 Å². The summed E-state index contributed by atoms with van der Waals surface area (Å²) in [5, 5.41) is 0.538. The van der Waals surface area contributed by atoms with E-state index >= 15 is 0 Å². The number of para-hydroxylation sites is 2. The van der Waals surface area contributed by atoms with Crippen molar-refractivity contribution in [3.05, 3.63) is 99.0 Å². The van der Waals surface area contributed by atoms with E-state index < -0.39 is 17.4 Å².